The summed E-state index contributed by atoms with van der Waals surface area (Å²) in [7, 11) is 0. The van der Waals surface area contributed by atoms with Gasteiger partial charge >= 0.3 is 0 Å². The Morgan fingerprint density at radius 2 is 1.77 bits per heavy atom. The smallest absolute Gasteiger partial charge is 0.231 e. The first-order valence-corrected chi connectivity index (χ1v) is 10.2. The summed E-state index contributed by atoms with van der Waals surface area (Å²) < 4.78 is 11.1. The number of likely N-dealkylation sites (tertiary alicyclic amines) is 1. The molecule has 0 unspecified atom stereocenters. The van der Waals surface area contributed by atoms with Crippen molar-refractivity contribution in [2.24, 2.45) is 17.8 Å². The average Bonchev–Trinajstić information content (AvgIpc) is 3.37. The van der Waals surface area contributed by atoms with Crippen LogP contribution in [0.3, 0.4) is 0 Å². The molecule has 1 saturated carbocycles. The van der Waals surface area contributed by atoms with E-state index >= 15 is 0 Å². The lowest BCUT2D eigenvalue weighted by Gasteiger charge is -2.43. The molecule has 1 aromatic rings. The van der Waals surface area contributed by atoms with Crippen molar-refractivity contribution >= 4 is 5.91 Å². The molecule has 0 N–H and O–H groups in total. The predicted molar refractivity (Wildman–Crippen MR) is 99.2 cm³/mol. The van der Waals surface area contributed by atoms with Gasteiger partial charge in [-0.1, -0.05) is 31.1 Å². The topological polar surface area (TPSA) is 38.8 Å². The second-order valence-corrected chi connectivity index (χ2v) is 8.19. The van der Waals surface area contributed by atoms with Gasteiger partial charge in [-0.2, -0.15) is 0 Å². The molecule has 4 nitrogen and oxygen atoms in total. The number of hydrogen-bond acceptors (Lipinski definition) is 3. The molecule has 1 amide bonds. The summed E-state index contributed by atoms with van der Waals surface area (Å²) in [4.78, 5) is 15.6. The quantitative estimate of drug-likeness (QED) is 0.751. The fourth-order valence-corrected chi connectivity index (χ4v) is 5.45. The van der Waals surface area contributed by atoms with E-state index in [2.05, 4.69) is 29.2 Å². The van der Waals surface area contributed by atoms with Crippen LogP contribution in [0.2, 0.25) is 0 Å². The van der Waals surface area contributed by atoms with Gasteiger partial charge in [0.2, 0.25) is 12.7 Å². The number of carbonyl (C=O) groups excluding carboxylic acids is 1. The van der Waals surface area contributed by atoms with E-state index in [9.17, 15) is 4.79 Å². The Bertz CT molecular complexity index is 722. The highest BCUT2D eigenvalue weighted by molar-refractivity contribution is 5.81. The predicted octanol–water partition coefficient (Wildman–Crippen LogP) is 4.11. The van der Waals surface area contributed by atoms with E-state index in [1.54, 1.807) is 0 Å². The number of benzene rings is 1. The van der Waals surface area contributed by atoms with Crippen LogP contribution in [-0.4, -0.2) is 30.7 Å². The Hall–Kier alpha value is -1.97. The molecule has 4 aliphatic rings. The van der Waals surface area contributed by atoms with Gasteiger partial charge in [-0.15, -0.1) is 0 Å². The largest absolute Gasteiger partial charge is 0.454 e. The number of nitrogens with zero attached hydrogens (tertiary/aromatic N) is 1. The number of amides is 1. The minimum absolute atomic E-state index is 0.0729. The zero-order valence-corrected chi connectivity index (χ0v) is 15.2. The molecule has 1 aromatic carbocycles. The van der Waals surface area contributed by atoms with Crippen molar-refractivity contribution in [3.63, 3.8) is 0 Å². The lowest BCUT2D eigenvalue weighted by Crippen LogP contribution is -2.44. The molecule has 2 heterocycles. The van der Waals surface area contributed by atoms with Crippen LogP contribution in [0, 0.1) is 17.8 Å². The van der Waals surface area contributed by atoms with Crippen molar-refractivity contribution in [3.05, 3.63) is 35.9 Å². The van der Waals surface area contributed by atoms with Crippen LogP contribution in [0.5, 0.6) is 11.5 Å². The normalized spacial score (nSPS) is 32.5. The van der Waals surface area contributed by atoms with Crippen molar-refractivity contribution in [1.82, 2.24) is 4.90 Å². The monoisotopic (exact) mass is 353 g/mol. The van der Waals surface area contributed by atoms with Crippen molar-refractivity contribution in [2.75, 3.05) is 19.9 Å². The first-order valence-electron chi connectivity index (χ1n) is 10.2. The molecule has 0 radical (unpaired) electrons. The molecule has 4 heteroatoms. The zero-order valence-electron chi connectivity index (χ0n) is 15.2. The van der Waals surface area contributed by atoms with Crippen molar-refractivity contribution in [1.29, 1.82) is 0 Å². The Morgan fingerprint density at radius 3 is 2.65 bits per heavy atom. The fraction of sp³-hybridized carbons (Fsp3) is 0.591. The fourth-order valence-electron chi connectivity index (χ4n) is 5.45. The molecule has 2 aliphatic heterocycles. The summed E-state index contributed by atoms with van der Waals surface area (Å²) in [6, 6.07) is 6.20. The summed E-state index contributed by atoms with van der Waals surface area (Å²) >= 11 is 0. The summed E-state index contributed by atoms with van der Waals surface area (Å²) in [5.74, 6) is 3.29. The summed E-state index contributed by atoms with van der Waals surface area (Å²) in [5.41, 5.74) is 1.19. The van der Waals surface area contributed by atoms with Crippen LogP contribution in [-0.2, 0) is 4.79 Å². The zero-order chi connectivity index (χ0) is 17.5. The Kier molecular flexibility index (Phi) is 4.14. The highest BCUT2D eigenvalue weighted by atomic mass is 16.7. The third kappa shape index (κ3) is 2.70. The van der Waals surface area contributed by atoms with Crippen LogP contribution >= 0.6 is 0 Å². The molecule has 0 aromatic heterocycles. The van der Waals surface area contributed by atoms with Gasteiger partial charge in [-0.3, -0.25) is 4.79 Å². The number of fused-ring (bicyclic) bond motifs is 2. The van der Waals surface area contributed by atoms with E-state index in [0.717, 1.165) is 37.4 Å². The van der Waals surface area contributed by atoms with Gasteiger partial charge in [0.05, 0.1) is 5.92 Å². The van der Waals surface area contributed by atoms with Gasteiger partial charge in [-0.25, -0.2) is 0 Å². The van der Waals surface area contributed by atoms with Crippen molar-refractivity contribution < 1.29 is 14.3 Å². The number of carbonyl (C=O) groups is 1. The second kappa shape index (κ2) is 6.64. The van der Waals surface area contributed by atoms with E-state index in [1.807, 2.05) is 6.07 Å². The number of rotatable bonds is 2. The SMILES string of the molecule is O=C([C@H]1[C@@H]2CCCC[C@@H]2C=C[C@@H]1c1ccc2c(c1)OCO2)N1CCCC1. The highest BCUT2D eigenvalue weighted by Gasteiger charge is 2.44. The minimum atomic E-state index is 0.0729. The maximum atomic E-state index is 13.5. The Morgan fingerprint density at radius 1 is 0.962 bits per heavy atom. The molecule has 5 rings (SSSR count). The summed E-state index contributed by atoms with van der Waals surface area (Å²) in [6.45, 7) is 2.16. The van der Waals surface area contributed by atoms with E-state index in [0.29, 0.717) is 24.5 Å². The molecule has 2 fully saturated rings. The minimum Gasteiger partial charge on any atom is -0.454 e. The molecule has 0 bridgehead atoms. The summed E-state index contributed by atoms with van der Waals surface area (Å²) in [6.07, 6.45) is 12.0. The lowest BCUT2D eigenvalue weighted by atomic mass is 9.63. The Balaban J connectivity index is 1.51. The molecule has 26 heavy (non-hydrogen) atoms. The van der Waals surface area contributed by atoms with Gasteiger partial charge in [0.15, 0.2) is 11.5 Å². The first-order chi connectivity index (χ1) is 12.8. The molecule has 138 valence electrons. The maximum absolute atomic E-state index is 13.5. The second-order valence-electron chi connectivity index (χ2n) is 8.19. The van der Waals surface area contributed by atoms with Gasteiger partial charge in [0.25, 0.3) is 0 Å². The maximum Gasteiger partial charge on any atom is 0.231 e. The van der Waals surface area contributed by atoms with Crippen LogP contribution in [0.1, 0.15) is 50.0 Å². The van der Waals surface area contributed by atoms with Gasteiger partial charge < -0.3 is 14.4 Å². The molecule has 0 spiro atoms. The van der Waals surface area contributed by atoms with E-state index in [-0.39, 0.29) is 11.8 Å². The third-order valence-electron chi connectivity index (χ3n) is 6.77. The van der Waals surface area contributed by atoms with E-state index in [1.165, 1.54) is 31.2 Å². The van der Waals surface area contributed by atoms with E-state index < -0.39 is 0 Å². The molecule has 4 atom stereocenters. The third-order valence-corrected chi connectivity index (χ3v) is 6.77. The lowest BCUT2D eigenvalue weighted by molar-refractivity contribution is -0.138. The van der Waals surface area contributed by atoms with Gasteiger partial charge in [0, 0.05) is 19.0 Å². The number of ether oxygens (including phenoxy) is 2. The van der Waals surface area contributed by atoms with Crippen LogP contribution < -0.4 is 9.47 Å². The molecule has 1 saturated heterocycles. The average molecular weight is 353 g/mol. The molecule has 2 aliphatic carbocycles. The molecular weight excluding hydrogens is 326 g/mol. The van der Waals surface area contributed by atoms with Crippen molar-refractivity contribution in [3.8, 4) is 11.5 Å². The number of hydrogen-bond donors (Lipinski definition) is 0. The van der Waals surface area contributed by atoms with Gasteiger partial charge in [0.1, 0.15) is 0 Å². The number of allylic oxidation sites excluding steroid dienone is 2. The standard InChI is InChI=1S/C22H27NO3/c24-22(23-11-3-4-12-23)21-17-6-2-1-5-15(17)7-9-18(21)16-8-10-19-20(13-16)26-14-25-19/h7-10,13,15,17-18,21H,1-6,11-12,14H2/t15-,17-,18-,21+/m1/s1. The van der Waals surface area contributed by atoms with Gasteiger partial charge in [-0.05, 0) is 55.2 Å². The van der Waals surface area contributed by atoms with Crippen LogP contribution in [0.15, 0.2) is 30.4 Å². The van der Waals surface area contributed by atoms with Crippen LogP contribution in [0.4, 0.5) is 0 Å². The van der Waals surface area contributed by atoms with Crippen molar-refractivity contribution in [2.45, 2.75) is 44.4 Å². The summed E-state index contributed by atoms with van der Waals surface area (Å²) in [5, 5.41) is 0. The first kappa shape index (κ1) is 16.2. The highest BCUT2D eigenvalue weighted by Crippen LogP contribution is 2.48. The van der Waals surface area contributed by atoms with Crippen LogP contribution in [0.25, 0.3) is 0 Å². The Labute approximate surface area is 155 Å². The molecular formula is C22H27NO3. The van der Waals surface area contributed by atoms with E-state index in [4.69, 9.17) is 9.47 Å².